The van der Waals surface area contributed by atoms with Gasteiger partial charge in [-0.3, -0.25) is 14.9 Å². The van der Waals surface area contributed by atoms with Crippen LogP contribution in [0.2, 0.25) is 0 Å². The molecule has 0 saturated heterocycles. The van der Waals surface area contributed by atoms with Gasteiger partial charge in [0.2, 0.25) is 5.78 Å². The summed E-state index contributed by atoms with van der Waals surface area (Å²) in [7, 11) is 0. The molecule has 24 heavy (non-hydrogen) atoms. The van der Waals surface area contributed by atoms with E-state index >= 15 is 0 Å². The molecule has 0 aliphatic heterocycles. The number of nitrogens with zero attached hydrogens (tertiary/aromatic N) is 2. The minimum atomic E-state index is -0.493. The van der Waals surface area contributed by atoms with Crippen LogP contribution in [0.25, 0.3) is 10.2 Å². The number of anilines is 1. The van der Waals surface area contributed by atoms with Crippen molar-refractivity contribution >= 4 is 38.7 Å². The molecule has 0 spiro atoms. The van der Waals surface area contributed by atoms with E-state index in [9.17, 15) is 14.9 Å². The van der Waals surface area contributed by atoms with E-state index < -0.39 is 4.92 Å². The number of hydrogen-bond acceptors (Lipinski definition) is 6. The van der Waals surface area contributed by atoms with Crippen molar-refractivity contribution < 1.29 is 9.72 Å². The van der Waals surface area contributed by atoms with Gasteiger partial charge in [0.1, 0.15) is 9.71 Å². The molecule has 3 aromatic rings. The lowest BCUT2D eigenvalue weighted by Crippen LogP contribution is -2.02. The predicted octanol–water partition coefficient (Wildman–Crippen LogP) is 3.51. The molecule has 0 bridgehead atoms. The van der Waals surface area contributed by atoms with Crippen LogP contribution >= 0.6 is 11.3 Å². The molecule has 0 atom stereocenters. The topological polar surface area (TPSA) is 99.1 Å². The number of nitro groups is 1. The molecule has 1 aliphatic carbocycles. The Hall–Kier alpha value is -2.80. The van der Waals surface area contributed by atoms with E-state index in [1.807, 2.05) is 6.07 Å². The number of fused-ring (bicyclic) bond motifs is 2. The SMILES string of the molecule is Nc1c(C(=O)c2ccc([N+](=O)[O-])cc2)sc2nc3c(cc12)CCC3. The van der Waals surface area contributed by atoms with Crippen LogP contribution in [0.5, 0.6) is 0 Å². The molecule has 0 saturated carbocycles. The van der Waals surface area contributed by atoms with E-state index in [0.717, 1.165) is 35.2 Å². The Labute approximate surface area is 141 Å². The number of aromatic nitrogens is 1. The Balaban J connectivity index is 1.77. The lowest BCUT2D eigenvalue weighted by Gasteiger charge is -2.00. The number of ketones is 1. The summed E-state index contributed by atoms with van der Waals surface area (Å²) >= 11 is 1.28. The largest absolute Gasteiger partial charge is 0.397 e. The highest BCUT2D eigenvalue weighted by Gasteiger charge is 2.22. The van der Waals surface area contributed by atoms with Crippen LogP contribution in [0.15, 0.2) is 30.3 Å². The van der Waals surface area contributed by atoms with Gasteiger partial charge in [-0.1, -0.05) is 0 Å². The van der Waals surface area contributed by atoms with E-state index in [1.54, 1.807) is 0 Å². The molecular formula is C17H13N3O3S. The number of nitrogens with two attached hydrogens (primary N) is 1. The molecule has 120 valence electrons. The number of benzene rings is 1. The fourth-order valence-corrected chi connectivity index (χ4v) is 4.09. The molecule has 7 heteroatoms. The Morgan fingerprint density at radius 2 is 2.00 bits per heavy atom. The monoisotopic (exact) mass is 339 g/mol. The zero-order valence-electron chi connectivity index (χ0n) is 12.6. The average molecular weight is 339 g/mol. The zero-order valence-corrected chi connectivity index (χ0v) is 13.4. The number of aryl methyl sites for hydroxylation is 2. The number of pyridine rings is 1. The quantitative estimate of drug-likeness (QED) is 0.447. The van der Waals surface area contributed by atoms with Crippen molar-refractivity contribution in [2.24, 2.45) is 0 Å². The summed E-state index contributed by atoms with van der Waals surface area (Å²) in [4.78, 5) is 28.8. The van der Waals surface area contributed by atoms with Crippen molar-refractivity contribution in [3.63, 3.8) is 0 Å². The van der Waals surface area contributed by atoms with Crippen molar-refractivity contribution in [3.05, 3.63) is 62.1 Å². The number of carbonyl (C=O) groups excluding carboxylic acids is 1. The second-order valence-corrected chi connectivity index (χ2v) is 6.78. The molecule has 2 N–H and O–H groups in total. The van der Waals surface area contributed by atoms with Crippen molar-refractivity contribution in [3.8, 4) is 0 Å². The van der Waals surface area contributed by atoms with E-state index in [0.29, 0.717) is 16.1 Å². The summed E-state index contributed by atoms with van der Waals surface area (Å²) in [5.41, 5.74) is 9.27. The van der Waals surface area contributed by atoms with Crippen LogP contribution in [-0.2, 0) is 12.8 Å². The van der Waals surface area contributed by atoms with Crippen LogP contribution in [0.1, 0.15) is 32.9 Å². The van der Waals surface area contributed by atoms with Crippen LogP contribution in [0, 0.1) is 10.1 Å². The summed E-state index contributed by atoms with van der Waals surface area (Å²) in [6.07, 6.45) is 3.07. The fraction of sp³-hybridized carbons (Fsp3) is 0.176. The van der Waals surface area contributed by atoms with Crippen molar-refractivity contribution in [1.29, 1.82) is 0 Å². The number of rotatable bonds is 3. The summed E-state index contributed by atoms with van der Waals surface area (Å²) in [5.74, 6) is -0.231. The van der Waals surface area contributed by atoms with Crippen molar-refractivity contribution in [1.82, 2.24) is 4.98 Å². The predicted molar refractivity (Wildman–Crippen MR) is 92.6 cm³/mol. The zero-order chi connectivity index (χ0) is 16.8. The number of nitrogen functional groups attached to an aromatic ring is 1. The molecule has 2 heterocycles. The van der Waals surface area contributed by atoms with Crippen LogP contribution in [0.3, 0.4) is 0 Å². The molecule has 0 unspecified atom stereocenters. The third kappa shape index (κ3) is 2.25. The first kappa shape index (κ1) is 14.8. The third-order valence-corrected chi connectivity index (χ3v) is 5.41. The van der Waals surface area contributed by atoms with Gasteiger partial charge in [0, 0.05) is 28.8 Å². The second-order valence-electron chi connectivity index (χ2n) is 5.78. The van der Waals surface area contributed by atoms with E-state index in [1.165, 1.54) is 41.2 Å². The van der Waals surface area contributed by atoms with E-state index in [2.05, 4.69) is 4.98 Å². The number of nitro benzene ring substituents is 1. The Kier molecular flexibility index (Phi) is 3.31. The Bertz CT molecular complexity index is 992. The van der Waals surface area contributed by atoms with Crippen molar-refractivity contribution in [2.75, 3.05) is 5.73 Å². The lowest BCUT2D eigenvalue weighted by atomic mass is 10.1. The van der Waals surface area contributed by atoms with Crippen LogP contribution in [0.4, 0.5) is 11.4 Å². The highest BCUT2D eigenvalue weighted by molar-refractivity contribution is 7.21. The highest BCUT2D eigenvalue weighted by Crippen LogP contribution is 2.37. The molecule has 1 aromatic carbocycles. The summed E-state index contributed by atoms with van der Waals surface area (Å²) in [6, 6.07) is 7.60. The number of hydrogen-bond donors (Lipinski definition) is 1. The van der Waals surface area contributed by atoms with Crippen LogP contribution in [-0.4, -0.2) is 15.7 Å². The molecule has 4 rings (SSSR count). The first-order chi connectivity index (χ1) is 11.5. The van der Waals surface area contributed by atoms with Gasteiger partial charge in [-0.25, -0.2) is 4.98 Å². The minimum Gasteiger partial charge on any atom is -0.397 e. The smallest absolute Gasteiger partial charge is 0.269 e. The maximum Gasteiger partial charge on any atom is 0.269 e. The van der Waals surface area contributed by atoms with Gasteiger partial charge in [0.05, 0.1) is 10.6 Å². The molecular weight excluding hydrogens is 326 g/mol. The van der Waals surface area contributed by atoms with Gasteiger partial charge in [-0.2, -0.15) is 0 Å². The first-order valence-electron chi connectivity index (χ1n) is 7.54. The molecule has 2 aromatic heterocycles. The van der Waals surface area contributed by atoms with Gasteiger partial charge in [-0.15, -0.1) is 11.3 Å². The Morgan fingerprint density at radius 3 is 2.71 bits per heavy atom. The molecule has 0 amide bonds. The molecule has 0 radical (unpaired) electrons. The molecule has 6 nitrogen and oxygen atoms in total. The maximum absolute atomic E-state index is 12.7. The average Bonchev–Trinajstić information content (AvgIpc) is 3.16. The van der Waals surface area contributed by atoms with Gasteiger partial charge < -0.3 is 5.73 Å². The first-order valence-corrected chi connectivity index (χ1v) is 8.36. The fourth-order valence-electron chi connectivity index (χ4n) is 3.03. The minimum absolute atomic E-state index is 0.0473. The molecule has 1 aliphatic rings. The van der Waals surface area contributed by atoms with Gasteiger partial charge in [0.25, 0.3) is 5.69 Å². The maximum atomic E-state index is 12.7. The van der Waals surface area contributed by atoms with Crippen LogP contribution < -0.4 is 5.73 Å². The highest BCUT2D eigenvalue weighted by atomic mass is 32.1. The standard InChI is InChI=1S/C17H13N3O3S/c18-14-12-8-10-2-1-3-13(10)19-17(12)24-16(14)15(21)9-4-6-11(7-5-9)20(22)23/h4-8H,1-3,18H2. The summed E-state index contributed by atoms with van der Waals surface area (Å²) < 4.78 is 0. The molecule has 0 fully saturated rings. The lowest BCUT2D eigenvalue weighted by molar-refractivity contribution is -0.384. The van der Waals surface area contributed by atoms with Gasteiger partial charge in [0.15, 0.2) is 0 Å². The second kappa shape index (κ2) is 5.38. The summed E-state index contributed by atoms with van der Waals surface area (Å²) in [5, 5.41) is 11.5. The van der Waals surface area contributed by atoms with Gasteiger partial charge in [-0.05, 0) is 43.0 Å². The number of thiophene rings is 1. The summed E-state index contributed by atoms with van der Waals surface area (Å²) in [6.45, 7) is 0. The van der Waals surface area contributed by atoms with Gasteiger partial charge >= 0.3 is 0 Å². The number of carbonyl (C=O) groups is 1. The Morgan fingerprint density at radius 1 is 1.25 bits per heavy atom. The normalized spacial score (nSPS) is 13.2. The number of non-ortho nitro benzene ring substituents is 1. The van der Waals surface area contributed by atoms with E-state index in [4.69, 9.17) is 5.73 Å². The van der Waals surface area contributed by atoms with Crippen molar-refractivity contribution in [2.45, 2.75) is 19.3 Å². The third-order valence-electron chi connectivity index (χ3n) is 4.30. The van der Waals surface area contributed by atoms with E-state index in [-0.39, 0.29) is 11.5 Å².